The summed E-state index contributed by atoms with van der Waals surface area (Å²) in [7, 11) is -2.55. The number of aryl methyl sites for hydroxylation is 1. The van der Waals surface area contributed by atoms with Gasteiger partial charge in [0.05, 0.1) is 28.8 Å². The first-order chi connectivity index (χ1) is 12.3. The monoisotopic (exact) mass is 371 g/mol. The van der Waals surface area contributed by atoms with Crippen molar-refractivity contribution in [1.29, 1.82) is 0 Å². The Kier molecular flexibility index (Phi) is 4.62. The van der Waals surface area contributed by atoms with Crippen molar-refractivity contribution in [3.8, 4) is 5.75 Å². The van der Waals surface area contributed by atoms with Crippen LogP contribution in [0.2, 0.25) is 0 Å². The number of para-hydroxylation sites is 1. The molecule has 0 atom stereocenters. The number of pyridine rings is 1. The molecule has 3 rings (SSSR count). The molecule has 0 radical (unpaired) electrons. The van der Waals surface area contributed by atoms with Crippen molar-refractivity contribution in [2.75, 3.05) is 12.4 Å². The van der Waals surface area contributed by atoms with E-state index in [2.05, 4.69) is 10.3 Å². The van der Waals surface area contributed by atoms with Crippen LogP contribution in [0.4, 0.5) is 5.69 Å². The van der Waals surface area contributed by atoms with Crippen LogP contribution in [-0.4, -0.2) is 26.4 Å². The number of aromatic nitrogens is 1. The number of fused-ring (bicyclic) bond motifs is 1. The van der Waals surface area contributed by atoms with Gasteiger partial charge in [0.2, 0.25) is 10.0 Å². The molecule has 0 fully saturated rings. The maximum Gasteiger partial charge on any atom is 0.259 e. The van der Waals surface area contributed by atoms with Gasteiger partial charge in [-0.15, -0.1) is 0 Å². The molecule has 0 aliphatic heterocycles. The van der Waals surface area contributed by atoms with E-state index in [-0.39, 0.29) is 16.2 Å². The normalized spacial score (nSPS) is 11.3. The van der Waals surface area contributed by atoms with Crippen LogP contribution in [0.25, 0.3) is 10.9 Å². The predicted octanol–water partition coefficient (Wildman–Crippen LogP) is 2.45. The molecular formula is C18H17N3O4S. The second-order valence-corrected chi connectivity index (χ2v) is 7.25. The second kappa shape index (κ2) is 6.74. The first kappa shape index (κ1) is 17.8. The molecule has 0 aliphatic carbocycles. The quantitative estimate of drug-likeness (QED) is 0.732. The number of amides is 1. The molecule has 134 valence electrons. The van der Waals surface area contributed by atoms with Crippen LogP contribution in [0.5, 0.6) is 5.75 Å². The first-order valence-corrected chi connectivity index (χ1v) is 9.22. The summed E-state index contributed by atoms with van der Waals surface area (Å²) in [4.78, 5) is 16.9. The lowest BCUT2D eigenvalue weighted by molar-refractivity contribution is 0.102. The summed E-state index contributed by atoms with van der Waals surface area (Å²) in [6.07, 6.45) is 1.60. The van der Waals surface area contributed by atoms with Crippen LogP contribution in [0, 0.1) is 6.92 Å². The smallest absolute Gasteiger partial charge is 0.259 e. The minimum absolute atomic E-state index is 0.0663. The van der Waals surface area contributed by atoms with Gasteiger partial charge in [0, 0.05) is 11.6 Å². The number of sulfonamides is 1. The topological polar surface area (TPSA) is 111 Å². The Balaban J connectivity index is 2.05. The van der Waals surface area contributed by atoms with Crippen LogP contribution in [-0.2, 0) is 10.0 Å². The highest BCUT2D eigenvalue weighted by atomic mass is 32.2. The van der Waals surface area contributed by atoms with Gasteiger partial charge in [-0.25, -0.2) is 13.6 Å². The zero-order valence-electron chi connectivity index (χ0n) is 14.2. The molecule has 1 amide bonds. The summed E-state index contributed by atoms with van der Waals surface area (Å²) in [5, 5.41) is 8.72. The van der Waals surface area contributed by atoms with Gasteiger partial charge in [-0.05, 0) is 36.8 Å². The number of anilines is 1. The SMILES string of the molecule is COc1ccc(S(N)(=O)=O)cc1C(=O)Nc1ccnc2c(C)cccc12. The standard InChI is InChI=1S/C18H17N3O4S/c1-11-4-3-5-13-15(8-9-20-17(11)13)21-18(22)14-10-12(26(19,23)24)6-7-16(14)25-2/h3-10H,1-2H3,(H2,19,23,24)(H,20,21,22). The Morgan fingerprint density at radius 1 is 1.19 bits per heavy atom. The van der Waals surface area contributed by atoms with E-state index in [9.17, 15) is 13.2 Å². The number of hydrogen-bond donors (Lipinski definition) is 2. The summed E-state index contributed by atoms with van der Waals surface area (Å²) in [5.74, 6) is -0.272. The first-order valence-electron chi connectivity index (χ1n) is 7.68. The fourth-order valence-corrected chi connectivity index (χ4v) is 3.20. The molecule has 7 nitrogen and oxygen atoms in total. The second-order valence-electron chi connectivity index (χ2n) is 5.69. The largest absolute Gasteiger partial charge is 0.496 e. The van der Waals surface area contributed by atoms with E-state index in [4.69, 9.17) is 9.88 Å². The van der Waals surface area contributed by atoms with Crippen molar-refractivity contribution in [3.63, 3.8) is 0 Å². The Morgan fingerprint density at radius 3 is 2.65 bits per heavy atom. The van der Waals surface area contributed by atoms with Gasteiger partial charge in [0.25, 0.3) is 5.91 Å². The summed E-state index contributed by atoms with van der Waals surface area (Å²) < 4.78 is 28.3. The van der Waals surface area contributed by atoms with E-state index in [0.29, 0.717) is 5.69 Å². The van der Waals surface area contributed by atoms with Crippen molar-refractivity contribution in [1.82, 2.24) is 4.98 Å². The maximum atomic E-state index is 12.8. The molecule has 8 heteroatoms. The Hall–Kier alpha value is -2.97. The van der Waals surface area contributed by atoms with E-state index in [0.717, 1.165) is 16.5 Å². The number of nitrogens with zero attached hydrogens (tertiary/aromatic N) is 1. The number of ether oxygens (including phenoxy) is 1. The third-order valence-electron chi connectivity index (χ3n) is 3.97. The van der Waals surface area contributed by atoms with Crippen molar-refractivity contribution in [3.05, 3.63) is 59.8 Å². The third kappa shape index (κ3) is 3.37. The predicted molar refractivity (Wildman–Crippen MR) is 98.8 cm³/mol. The summed E-state index contributed by atoms with van der Waals surface area (Å²) in [6, 6.07) is 11.2. The molecule has 0 aliphatic rings. The molecule has 0 saturated heterocycles. The lowest BCUT2D eigenvalue weighted by Gasteiger charge is -2.12. The van der Waals surface area contributed by atoms with Crippen LogP contribution in [0.15, 0.2) is 53.6 Å². The summed E-state index contributed by atoms with van der Waals surface area (Å²) in [6.45, 7) is 1.93. The number of rotatable bonds is 4. The number of carbonyl (C=O) groups is 1. The molecule has 0 unspecified atom stereocenters. The molecule has 0 spiro atoms. The number of carbonyl (C=O) groups excluding carboxylic acids is 1. The third-order valence-corrected chi connectivity index (χ3v) is 4.88. The van der Waals surface area contributed by atoms with E-state index in [1.807, 2.05) is 25.1 Å². The zero-order chi connectivity index (χ0) is 18.9. The minimum atomic E-state index is -3.94. The Morgan fingerprint density at radius 2 is 1.96 bits per heavy atom. The number of methoxy groups -OCH3 is 1. The van der Waals surface area contributed by atoms with E-state index >= 15 is 0 Å². The van der Waals surface area contributed by atoms with Crippen LogP contribution >= 0.6 is 0 Å². The maximum absolute atomic E-state index is 12.8. The van der Waals surface area contributed by atoms with E-state index in [1.165, 1.54) is 25.3 Å². The van der Waals surface area contributed by atoms with Crippen molar-refractivity contribution < 1.29 is 17.9 Å². The molecule has 3 N–H and O–H groups in total. The molecule has 26 heavy (non-hydrogen) atoms. The van der Waals surface area contributed by atoms with E-state index in [1.54, 1.807) is 12.3 Å². The number of primary sulfonamides is 1. The molecular weight excluding hydrogens is 354 g/mol. The Labute approximate surface area is 150 Å². The van der Waals surface area contributed by atoms with Crippen LogP contribution < -0.4 is 15.2 Å². The van der Waals surface area contributed by atoms with E-state index < -0.39 is 15.9 Å². The highest BCUT2D eigenvalue weighted by molar-refractivity contribution is 7.89. The lowest BCUT2D eigenvalue weighted by Crippen LogP contribution is -2.17. The van der Waals surface area contributed by atoms with Crippen molar-refractivity contribution in [2.24, 2.45) is 5.14 Å². The molecule has 1 heterocycles. The average molecular weight is 371 g/mol. The molecule has 3 aromatic rings. The summed E-state index contributed by atoms with van der Waals surface area (Å²) >= 11 is 0. The average Bonchev–Trinajstić information content (AvgIpc) is 2.61. The van der Waals surface area contributed by atoms with Gasteiger partial charge < -0.3 is 10.1 Å². The molecule has 0 bridgehead atoms. The van der Waals surface area contributed by atoms with Gasteiger partial charge in [-0.3, -0.25) is 9.78 Å². The number of nitrogens with one attached hydrogen (secondary N) is 1. The van der Waals surface area contributed by atoms with Gasteiger partial charge in [0.1, 0.15) is 5.75 Å². The van der Waals surface area contributed by atoms with Gasteiger partial charge >= 0.3 is 0 Å². The van der Waals surface area contributed by atoms with Crippen LogP contribution in [0.1, 0.15) is 15.9 Å². The number of nitrogens with two attached hydrogens (primary N) is 1. The van der Waals surface area contributed by atoms with Gasteiger partial charge in [0.15, 0.2) is 0 Å². The highest BCUT2D eigenvalue weighted by Gasteiger charge is 2.18. The fraction of sp³-hybridized carbons (Fsp3) is 0.111. The van der Waals surface area contributed by atoms with Gasteiger partial charge in [-0.1, -0.05) is 18.2 Å². The minimum Gasteiger partial charge on any atom is -0.496 e. The summed E-state index contributed by atoms with van der Waals surface area (Å²) in [5.41, 5.74) is 2.38. The highest BCUT2D eigenvalue weighted by Crippen LogP contribution is 2.27. The zero-order valence-corrected chi connectivity index (χ0v) is 15.0. The number of benzene rings is 2. The van der Waals surface area contributed by atoms with Crippen molar-refractivity contribution in [2.45, 2.75) is 11.8 Å². The van der Waals surface area contributed by atoms with Gasteiger partial charge in [-0.2, -0.15) is 0 Å². The lowest BCUT2D eigenvalue weighted by atomic mass is 10.1. The number of hydrogen-bond acceptors (Lipinski definition) is 5. The molecule has 0 saturated carbocycles. The Bertz CT molecular complexity index is 1110. The molecule has 1 aromatic heterocycles. The van der Waals surface area contributed by atoms with Crippen molar-refractivity contribution >= 4 is 32.5 Å². The fourth-order valence-electron chi connectivity index (χ4n) is 2.66. The molecule has 2 aromatic carbocycles. The van der Waals surface area contributed by atoms with Crippen LogP contribution in [0.3, 0.4) is 0 Å².